The Bertz CT molecular complexity index is 1090. The third-order valence-corrected chi connectivity index (χ3v) is 6.40. The molecule has 1 N–H and O–H groups in total. The van der Waals surface area contributed by atoms with E-state index in [1.807, 2.05) is 24.3 Å². The van der Waals surface area contributed by atoms with Crippen LogP contribution < -0.4 is 5.32 Å². The number of rotatable bonds is 5. The molecule has 4 rings (SSSR count). The van der Waals surface area contributed by atoms with E-state index >= 15 is 0 Å². The van der Waals surface area contributed by atoms with Crippen LogP contribution in [0.15, 0.2) is 57.9 Å². The number of anilines is 1. The molecule has 0 unspecified atom stereocenters. The number of non-ortho nitro benzene ring substituents is 1. The summed E-state index contributed by atoms with van der Waals surface area (Å²) >= 11 is 3.29. The lowest BCUT2D eigenvalue weighted by atomic mass is 10.1. The quantitative estimate of drug-likeness (QED) is 0.470. The minimum Gasteiger partial charge on any atom is -0.451 e. The molecule has 9 heteroatoms. The van der Waals surface area contributed by atoms with Crippen molar-refractivity contribution in [3.8, 4) is 0 Å². The first kappa shape index (κ1) is 18.6. The Morgan fingerprint density at radius 1 is 1.29 bits per heavy atom. The lowest BCUT2D eigenvalue weighted by Gasteiger charge is -2.05. The highest BCUT2D eigenvalue weighted by Gasteiger charge is 2.22. The van der Waals surface area contributed by atoms with Crippen molar-refractivity contribution in [3.63, 3.8) is 0 Å². The second-order valence-corrected chi connectivity index (χ2v) is 8.26. The van der Waals surface area contributed by atoms with E-state index in [0.29, 0.717) is 17.0 Å². The summed E-state index contributed by atoms with van der Waals surface area (Å²) in [6, 6.07) is 13.3. The molecule has 0 bridgehead atoms. The molecule has 0 saturated heterocycles. The van der Waals surface area contributed by atoms with Gasteiger partial charge in [-0.3, -0.25) is 19.9 Å². The molecule has 7 nitrogen and oxygen atoms in total. The maximum atomic E-state index is 12.9. The summed E-state index contributed by atoms with van der Waals surface area (Å²) in [7, 11) is 0. The molecule has 142 valence electrons. The SMILES string of the molecule is O=C(Nc1cccc([N+](=O)[O-])c1)c1oc2ccccc2c1CSC1=NCCS1. The molecule has 0 aliphatic carbocycles. The molecule has 0 radical (unpaired) electrons. The lowest BCUT2D eigenvalue weighted by molar-refractivity contribution is -0.384. The Hall–Kier alpha value is -2.78. The number of carbonyl (C=O) groups excluding carboxylic acids is 1. The van der Waals surface area contributed by atoms with Crippen LogP contribution in [0.2, 0.25) is 0 Å². The van der Waals surface area contributed by atoms with Gasteiger partial charge < -0.3 is 9.73 Å². The maximum Gasteiger partial charge on any atom is 0.291 e. The van der Waals surface area contributed by atoms with Gasteiger partial charge in [0.25, 0.3) is 11.6 Å². The molecule has 28 heavy (non-hydrogen) atoms. The van der Waals surface area contributed by atoms with Gasteiger partial charge in [-0.2, -0.15) is 0 Å². The average Bonchev–Trinajstić information content (AvgIpc) is 3.34. The van der Waals surface area contributed by atoms with E-state index in [9.17, 15) is 14.9 Å². The van der Waals surface area contributed by atoms with Crippen molar-refractivity contribution in [1.29, 1.82) is 0 Å². The number of nitro groups is 1. The van der Waals surface area contributed by atoms with Crippen LogP contribution in [0.1, 0.15) is 16.1 Å². The van der Waals surface area contributed by atoms with Gasteiger partial charge in [-0.1, -0.05) is 47.8 Å². The van der Waals surface area contributed by atoms with Crippen LogP contribution in [-0.4, -0.2) is 27.5 Å². The van der Waals surface area contributed by atoms with Crippen LogP contribution >= 0.6 is 23.5 Å². The summed E-state index contributed by atoms with van der Waals surface area (Å²) < 4.78 is 6.83. The molecule has 1 aromatic heterocycles. The minimum absolute atomic E-state index is 0.0885. The van der Waals surface area contributed by atoms with Gasteiger partial charge in [0.1, 0.15) is 9.96 Å². The smallest absolute Gasteiger partial charge is 0.291 e. The lowest BCUT2D eigenvalue weighted by Crippen LogP contribution is -2.13. The number of nitrogens with one attached hydrogen (secondary N) is 1. The van der Waals surface area contributed by atoms with Crippen molar-refractivity contribution in [2.75, 3.05) is 17.6 Å². The molecule has 1 aliphatic heterocycles. The molecule has 2 aromatic carbocycles. The topological polar surface area (TPSA) is 97.7 Å². The maximum absolute atomic E-state index is 12.9. The van der Waals surface area contributed by atoms with E-state index in [1.165, 1.54) is 18.2 Å². The van der Waals surface area contributed by atoms with Crippen LogP contribution in [0.25, 0.3) is 11.0 Å². The van der Waals surface area contributed by atoms with Gasteiger partial charge in [-0.15, -0.1) is 0 Å². The first-order valence-corrected chi connectivity index (χ1v) is 10.5. The molecule has 0 atom stereocenters. The van der Waals surface area contributed by atoms with Gasteiger partial charge >= 0.3 is 0 Å². The van der Waals surface area contributed by atoms with Crippen molar-refractivity contribution < 1.29 is 14.1 Å². The van der Waals surface area contributed by atoms with Crippen LogP contribution in [-0.2, 0) is 5.75 Å². The molecule has 0 fully saturated rings. The molecule has 1 aliphatic rings. The Kier molecular flexibility index (Phi) is 5.36. The summed E-state index contributed by atoms with van der Waals surface area (Å²) in [6.07, 6.45) is 0. The van der Waals surface area contributed by atoms with Crippen molar-refractivity contribution in [3.05, 3.63) is 70.0 Å². The van der Waals surface area contributed by atoms with E-state index in [0.717, 1.165) is 27.6 Å². The highest BCUT2D eigenvalue weighted by molar-refractivity contribution is 8.38. The fourth-order valence-corrected chi connectivity index (χ4v) is 4.88. The van der Waals surface area contributed by atoms with Gasteiger partial charge in [-0.25, -0.2) is 0 Å². The minimum atomic E-state index is -0.501. The summed E-state index contributed by atoms with van der Waals surface area (Å²) in [6.45, 7) is 0.819. The third kappa shape index (κ3) is 3.90. The highest BCUT2D eigenvalue weighted by Crippen LogP contribution is 2.33. The normalized spacial score (nSPS) is 13.5. The summed E-state index contributed by atoms with van der Waals surface area (Å²) in [5.74, 6) is 1.31. The summed E-state index contributed by atoms with van der Waals surface area (Å²) in [5.41, 5.74) is 1.67. The third-order valence-electron chi connectivity index (χ3n) is 4.12. The second kappa shape index (κ2) is 8.07. The summed E-state index contributed by atoms with van der Waals surface area (Å²) in [4.78, 5) is 27.7. The van der Waals surface area contributed by atoms with E-state index in [1.54, 1.807) is 29.6 Å². The number of fused-ring (bicyclic) bond motifs is 1. The Morgan fingerprint density at radius 3 is 2.93 bits per heavy atom. The fraction of sp³-hybridized carbons (Fsp3) is 0.158. The number of benzene rings is 2. The molecule has 0 spiro atoms. The zero-order chi connectivity index (χ0) is 19.5. The number of nitro benzene ring substituents is 1. The van der Waals surface area contributed by atoms with Crippen LogP contribution in [0.3, 0.4) is 0 Å². The Labute approximate surface area is 168 Å². The van der Waals surface area contributed by atoms with Crippen LogP contribution in [0.5, 0.6) is 0 Å². The van der Waals surface area contributed by atoms with Gasteiger partial charge in [0, 0.05) is 40.3 Å². The number of amides is 1. The highest BCUT2D eigenvalue weighted by atomic mass is 32.2. The fourth-order valence-electron chi connectivity index (χ4n) is 2.85. The number of thioether (sulfide) groups is 2. The predicted octanol–water partition coefficient (Wildman–Crippen LogP) is 4.93. The van der Waals surface area contributed by atoms with E-state index in [4.69, 9.17) is 4.42 Å². The first-order valence-electron chi connectivity index (χ1n) is 8.48. The number of hydrogen-bond donors (Lipinski definition) is 1. The van der Waals surface area contributed by atoms with Crippen LogP contribution in [0.4, 0.5) is 11.4 Å². The second-order valence-electron chi connectivity index (χ2n) is 5.95. The number of para-hydroxylation sites is 1. The largest absolute Gasteiger partial charge is 0.451 e. The van der Waals surface area contributed by atoms with Gasteiger partial charge in [0.2, 0.25) is 0 Å². The number of carbonyl (C=O) groups is 1. The molecule has 3 aromatic rings. The zero-order valence-electron chi connectivity index (χ0n) is 14.6. The monoisotopic (exact) mass is 413 g/mol. The van der Waals surface area contributed by atoms with Crippen molar-refractivity contribution in [2.24, 2.45) is 4.99 Å². The number of nitrogens with zero attached hydrogens (tertiary/aromatic N) is 2. The van der Waals surface area contributed by atoms with Crippen LogP contribution in [0, 0.1) is 10.1 Å². The van der Waals surface area contributed by atoms with Crippen molar-refractivity contribution in [2.45, 2.75) is 5.75 Å². The molecular weight excluding hydrogens is 398 g/mol. The van der Waals surface area contributed by atoms with Gasteiger partial charge in [0.05, 0.1) is 11.5 Å². The predicted molar refractivity (Wildman–Crippen MR) is 113 cm³/mol. The average molecular weight is 413 g/mol. The van der Waals surface area contributed by atoms with Crippen molar-refractivity contribution >= 4 is 56.2 Å². The molecule has 2 heterocycles. The standard InChI is InChI=1S/C19H15N3O4S2/c23-18(21-12-4-3-5-13(10-12)22(24)25)17-15(11-28-19-20-8-9-27-19)14-6-1-2-7-16(14)26-17/h1-7,10H,8-9,11H2,(H,21,23). The Balaban J connectivity index is 1.63. The zero-order valence-corrected chi connectivity index (χ0v) is 16.2. The Morgan fingerprint density at radius 2 is 2.14 bits per heavy atom. The molecule has 0 saturated carbocycles. The van der Waals surface area contributed by atoms with Gasteiger partial charge in [0.15, 0.2) is 5.76 Å². The molecule has 1 amide bonds. The van der Waals surface area contributed by atoms with Gasteiger partial charge in [-0.05, 0) is 12.1 Å². The molecular formula is C19H15N3O4S2. The number of hydrogen-bond acceptors (Lipinski definition) is 7. The van der Waals surface area contributed by atoms with E-state index in [2.05, 4.69) is 10.3 Å². The number of aliphatic imine (C=N–C) groups is 1. The van der Waals surface area contributed by atoms with E-state index in [-0.39, 0.29) is 11.4 Å². The summed E-state index contributed by atoms with van der Waals surface area (Å²) in [5, 5.41) is 14.5. The number of furan rings is 1. The van der Waals surface area contributed by atoms with Crippen molar-refractivity contribution in [1.82, 2.24) is 0 Å². The first-order chi connectivity index (χ1) is 13.6. The van der Waals surface area contributed by atoms with E-state index < -0.39 is 10.8 Å².